The maximum absolute atomic E-state index is 14.4. The van der Waals surface area contributed by atoms with Crippen molar-refractivity contribution in [3.8, 4) is 11.8 Å². The fourth-order valence-electron chi connectivity index (χ4n) is 5.27. The molecule has 1 aromatic heterocycles. The summed E-state index contributed by atoms with van der Waals surface area (Å²) in [7, 11) is 0. The fourth-order valence-corrected chi connectivity index (χ4v) is 5.27. The van der Waals surface area contributed by atoms with Crippen LogP contribution in [0.3, 0.4) is 0 Å². The third-order valence-corrected chi connectivity index (χ3v) is 7.45. The third-order valence-electron chi connectivity index (χ3n) is 7.45. The Kier molecular flexibility index (Phi) is 6.67. The second kappa shape index (κ2) is 10.4. The molecular weight excluding hydrogens is 496 g/mol. The SMILES string of the molecule is N#Cc1cccc(C(=O)N(Cc2nn(-c3ccc(F)cc3)c3c2CN(Cc2ccccc2F)CC3)C2CC2)c1. The summed E-state index contributed by atoms with van der Waals surface area (Å²) < 4.78 is 29.9. The number of nitrogens with zero attached hydrogens (tertiary/aromatic N) is 5. The van der Waals surface area contributed by atoms with E-state index in [1.165, 1.54) is 18.2 Å². The minimum absolute atomic E-state index is 0.118. The van der Waals surface area contributed by atoms with Gasteiger partial charge in [0.1, 0.15) is 11.6 Å². The summed E-state index contributed by atoms with van der Waals surface area (Å²) in [5.41, 5.74) is 5.15. The van der Waals surface area contributed by atoms with Crippen molar-refractivity contribution in [1.29, 1.82) is 5.26 Å². The zero-order valence-corrected chi connectivity index (χ0v) is 21.4. The Morgan fingerprint density at radius 1 is 1.05 bits per heavy atom. The number of hydrogen-bond acceptors (Lipinski definition) is 4. The van der Waals surface area contributed by atoms with Crippen LogP contribution in [0.5, 0.6) is 0 Å². The highest BCUT2D eigenvalue weighted by Gasteiger charge is 2.35. The molecule has 0 unspecified atom stereocenters. The molecule has 2 aliphatic rings. The van der Waals surface area contributed by atoms with Gasteiger partial charge in [0.2, 0.25) is 0 Å². The van der Waals surface area contributed by atoms with Crippen molar-refractivity contribution in [3.05, 3.63) is 118 Å². The van der Waals surface area contributed by atoms with Gasteiger partial charge in [-0.15, -0.1) is 0 Å². The lowest BCUT2D eigenvalue weighted by Crippen LogP contribution is -2.34. The lowest BCUT2D eigenvalue weighted by Gasteiger charge is -2.29. The van der Waals surface area contributed by atoms with Gasteiger partial charge in [-0.1, -0.05) is 24.3 Å². The number of rotatable bonds is 7. The molecule has 0 bridgehead atoms. The number of aromatic nitrogens is 2. The molecule has 8 heteroatoms. The minimum Gasteiger partial charge on any atom is -0.330 e. The Labute approximate surface area is 225 Å². The van der Waals surface area contributed by atoms with Crippen LogP contribution >= 0.6 is 0 Å². The molecular formula is C31H27F2N5O. The molecule has 0 N–H and O–H groups in total. The highest BCUT2D eigenvalue weighted by atomic mass is 19.1. The van der Waals surface area contributed by atoms with Crippen LogP contribution in [-0.2, 0) is 26.1 Å². The first-order valence-corrected chi connectivity index (χ1v) is 13.1. The first kappa shape index (κ1) is 25.0. The molecule has 1 aliphatic heterocycles. The monoisotopic (exact) mass is 523 g/mol. The van der Waals surface area contributed by atoms with Gasteiger partial charge in [0.05, 0.1) is 35.3 Å². The number of fused-ring (bicyclic) bond motifs is 1. The van der Waals surface area contributed by atoms with Crippen LogP contribution in [0.2, 0.25) is 0 Å². The molecule has 196 valence electrons. The lowest BCUT2D eigenvalue weighted by atomic mass is 10.0. The summed E-state index contributed by atoms with van der Waals surface area (Å²) in [5.74, 6) is -0.671. The average molecular weight is 524 g/mol. The van der Waals surface area contributed by atoms with Gasteiger partial charge >= 0.3 is 0 Å². The van der Waals surface area contributed by atoms with Crippen LogP contribution in [0, 0.1) is 23.0 Å². The lowest BCUT2D eigenvalue weighted by molar-refractivity contribution is 0.0726. The van der Waals surface area contributed by atoms with E-state index in [-0.39, 0.29) is 23.6 Å². The van der Waals surface area contributed by atoms with E-state index in [0.717, 1.165) is 42.0 Å². The van der Waals surface area contributed by atoms with Crippen LogP contribution in [-0.4, -0.2) is 38.1 Å². The number of carbonyl (C=O) groups excluding carboxylic acids is 1. The zero-order chi connectivity index (χ0) is 26.9. The number of carbonyl (C=O) groups is 1. The summed E-state index contributed by atoms with van der Waals surface area (Å²) in [6.07, 6.45) is 2.53. The Bertz CT molecular complexity index is 1570. The number of amides is 1. The molecule has 1 amide bonds. The number of halogens is 2. The van der Waals surface area contributed by atoms with E-state index in [1.807, 2.05) is 15.6 Å². The van der Waals surface area contributed by atoms with Gasteiger partial charge in [-0.05, 0) is 61.4 Å². The zero-order valence-electron chi connectivity index (χ0n) is 21.4. The van der Waals surface area contributed by atoms with E-state index in [1.54, 1.807) is 48.5 Å². The Morgan fingerprint density at radius 3 is 2.59 bits per heavy atom. The molecule has 1 saturated carbocycles. The van der Waals surface area contributed by atoms with Crippen molar-refractivity contribution < 1.29 is 13.6 Å². The van der Waals surface area contributed by atoms with Crippen molar-refractivity contribution in [3.63, 3.8) is 0 Å². The van der Waals surface area contributed by atoms with E-state index in [2.05, 4.69) is 11.0 Å². The molecule has 0 atom stereocenters. The highest BCUT2D eigenvalue weighted by Crippen LogP contribution is 2.33. The summed E-state index contributed by atoms with van der Waals surface area (Å²) in [6.45, 7) is 2.08. The van der Waals surface area contributed by atoms with Crippen LogP contribution in [0.1, 0.15) is 51.3 Å². The first-order chi connectivity index (χ1) is 19.0. The molecule has 4 aromatic rings. The van der Waals surface area contributed by atoms with Crippen molar-refractivity contribution in [2.75, 3.05) is 6.54 Å². The Morgan fingerprint density at radius 2 is 1.85 bits per heavy atom. The van der Waals surface area contributed by atoms with Gasteiger partial charge in [-0.2, -0.15) is 10.4 Å². The van der Waals surface area contributed by atoms with Crippen molar-refractivity contribution in [2.45, 2.75) is 44.9 Å². The molecule has 3 aromatic carbocycles. The van der Waals surface area contributed by atoms with Gasteiger partial charge in [0.25, 0.3) is 5.91 Å². The Balaban J connectivity index is 1.35. The second-order valence-electron chi connectivity index (χ2n) is 10.2. The molecule has 1 aliphatic carbocycles. The van der Waals surface area contributed by atoms with E-state index in [4.69, 9.17) is 5.10 Å². The third kappa shape index (κ3) is 5.18. The molecule has 1 fully saturated rings. The summed E-state index contributed by atoms with van der Waals surface area (Å²) in [5, 5.41) is 14.3. The van der Waals surface area contributed by atoms with E-state index >= 15 is 0 Å². The van der Waals surface area contributed by atoms with Gasteiger partial charge in [-0.3, -0.25) is 9.69 Å². The normalized spacial score (nSPS) is 15.0. The summed E-state index contributed by atoms with van der Waals surface area (Å²) in [4.78, 5) is 17.7. The second-order valence-corrected chi connectivity index (χ2v) is 10.2. The molecule has 0 saturated heterocycles. The van der Waals surface area contributed by atoms with E-state index in [0.29, 0.717) is 42.7 Å². The van der Waals surface area contributed by atoms with Crippen molar-refractivity contribution >= 4 is 5.91 Å². The first-order valence-electron chi connectivity index (χ1n) is 13.1. The number of nitriles is 1. The predicted octanol–water partition coefficient (Wildman–Crippen LogP) is 5.39. The highest BCUT2D eigenvalue weighted by molar-refractivity contribution is 5.95. The summed E-state index contributed by atoms with van der Waals surface area (Å²) >= 11 is 0. The molecule has 2 heterocycles. The number of benzene rings is 3. The van der Waals surface area contributed by atoms with Crippen LogP contribution in [0.25, 0.3) is 5.69 Å². The maximum atomic E-state index is 14.4. The fraction of sp³-hybridized carbons (Fsp3) is 0.258. The molecule has 6 rings (SSSR count). The van der Waals surface area contributed by atoms with Crippen molar-refractivity contribution in [1.82, 2.24) is 19.6 Å². The quantitative estimate of drug-likeness (QED) is 0.326. The molecule has 0 radical (unpaired) electrons. The average Bonchev–Trinajstić information content (AvgIpc) is 3.75. The van der Waals surface area contributed by atoms with Crippen LogP contribution in [0.4, 0.5) is 8.78 Å². The van der Waals surface area contributed by atoms with Gasteiger partial charge < -0.3 is 4.90 Å². The Hall–Kier alpha value is -4.35. The van der Waals surface area contributed by atoms with Crippen LogP contribution < -0.4 is 0 Å². The van der Waals surface area contributed by atoms with E-state index < -0.39 is 0 Å². The van der Waals surface area contributed by atoms with Crippen molar-refractivity contribution in [2.24, 2.45) is 0 Å². The molecule has 6 nitrogen and oxygen atoms in total. The van der Waals surface area contributed by atoms with Gasteiger partial charge in [0, 0.05) is 48.8 Å². The molecule has 0 spiro atoms. The largest absolute Gasteiger partial charge is 0.330 e. The van der Waals surface area contributed by atoms with Crippen LogP contribution in [0.15, 0.2) is 72.8 Å². The predicted molar refractivity (Wildman–Crippen MR) is 142 cm³/mol. The summed E-state index contributed by atoms with van der Waals surface area (Å²) in [6, 6.07) is 22.0. The topological polar surface area (TPSA) is 65.2 Å². The minimum atomic E-state index is -0.318. The van der Waals surface area contributed by atoms with Gasteiger partial charge in [0.15, 0.2) is 0 Å². The smallest absolute Gasteiger partial charge is 0.254 e. The molecule has 39 heavy (non-hydrogen) atoms. The maximum Gasteiger partial charge on any atom is 0.254 e. The standard InChI is InChI=1S/C31H27F2N5O/c32-24-8-10-26(11-9-24)38-30-14-15-36(18-23-5-1-2-7-28(23)33)19-27(30)29(35-38)20-37(25-12-13-25)31(39)22-6-3-4-21(16-22)17-34/h1-11,16,25H,12-15,18-20H2. The van der Waals surface area contributed by atoms with E-state index in [9.17, 15) is 18.8 Å². The number of hydrogen-bond donors (Lipinski definition) is 0. The van der Waals surface area contributed by atoms with Gasteiger partial charge in [-0.25, -0.2) is 13.5 Å².